The molecule has 0 saturated heterocycles. The van der Waals surface area contributed by atoms with Crippen LogP contribution in [0.1, 0.15) is 5.56 Å². The third kappa shape index (κ3) is 4.67. The number of hydrogen-bond acceptors (Lipinski definition) is 6. The molecule has 2 aromatic heterocycles. The average molecular weight is 424 g/mol. The van der Waals surface area contributed by atoms with E-state index in [-0.39, 0.29) is 5.91 Å². The minimum Gasteiger partial charge on any atom is -0.301 e. The third-order valence-electron chi connectivity index (χ3n) is 3.98. The van der Waals surface area contributed by atoms with E-state index < -0.39 is 0 Å². The Kier molecular flexibility index (Phi) is 5.85. The number of benzene rings is 2. The Morgan fingerprint density at radius 1 is 0.929 bits per heavy atom. The first-order chi connectivity index (χ1) is 13.7. The molecule has 2 aromatic carbocycles. The Morgan fingerprint density at radius 3 is 2.39 bits per heavy atom. The Balaban J connectivity index is 1.33. The van der Waals surface area contributed by atoms with Crippen LogP contribution in [-0.2, 0) is 4.79 Å². The molecular formula is C21H17N3OS3. The van der Waals surface area contributed by atoms with Gasteiger partial charge in [-0.1, -0.05) is 71.9 Å². The molecule has 140 valence electrons. The number of aryl methyl sites for hydroxylation is 1. The highest BCUT2D eigenvalue weighted by atomic mass is 32.2. The van der Waals surface area contributed by atoms with Crippen LogP contribution in [-0.4, -0.2) is 21.6 Å². The molecule has 0 aliphatic carbocycles. The molecule has 0 fully saturated rings. The van der Waals surface area contributed by atoms with E-state index in [1.54, 1.807) is 11.3 Å². The molecule has 0 radical (unpaired) electrons. The lowest BCUT2D eigenvalue weighted by Crippen LogP contribution is -2.13. The molecule has 0 atom stereocenters. The fraction of sp³-hybridized carbons (Fsp3) is 0.0952. The van der Waals surface area contributed by atoms with Crippen LogP contribution in [0.25, 0.3) is 22.5 Å². The number of aromatic nitrogens is 2. The first kappa shape index (κ1) is 18.9. The van der Waals surface area contributed by atoms with Gasteiger partial charge in [-0.05, 0) is 6.92 Å². The second-order valence-electron chi connectivity index (χ2n) is 6.11. The summed E-state index contributed by atoms with van der Waals surface area (Å²) in [6, 6.07) is 18.2. The average Bonchev–Trinajstić information content (AvgIpc) is 3.37. The van der Waals surface area contributed by atoms with E-state index in [1.165, 1.54) is 28.7 Å². The van der Waals surface area contributed by atoms with Crippen LogP contribution in [0.4, 0.5) is 5.13 Å². The molecule has 0 aliphatic rings. The lowest BCUT2D eigenvalue weighted by molar-refractivity contribution is -0.113. The Bertz CT molecular complexity index is 1070. The van der Waals surface area contributed by atoms with E-state index in [4.69, 9.17) is 0 Å². The summed E-state index contributed by atoms with van der Waals surface area (Å²) >= 11 is 4.43. The molecule has 1 amide bonds. The van der Waals surface area contributed by atoms with Gasteiger partial charge in [-0.15, -0.1) is 22.7 Å². The van der Waals surface area contributed by atoms with Gasteiger partial charge >= 0.3 is 0 Å². The van der Waals surface area contributed by atoms with E-state index in [0.717, 1.165) is 26.9 Å². The zero-order valence-corrected chi connectivity index (χ0v) is 17.5. The lowest BCUT2D eigenvalue weighted by atomic mass is 10.1. The van der Waals surface area contributed by atoms with Gasteiger partial charge in [0.15, 0.2) is 9.47 Å². The van der Waals surface area contributed by atoms with Crippen molar-refractivity contribution >= 4 is 45.5 Å². The second kappa shape index (κ2) is 8.68. The molecule has 0 spiro atoms. The minimum absolute atomic E-state index is 0.0777. The number of thioether (sulfide) groups is 1. The van der Waals surface area contributed by atoms with Crippen LogP contribution in [0.2, 0.25) is 0 Å². The highest BCUT2D eigenvalue weighted by molar-refractivity contribution is 8.01. The van der Waals surface area contributed by atoms with Crippen LogP contribution < -0.4 is 5.32 Å². The van der Waals surface area contributed by atoms with E-state index in [9.17, 15) is 4.79 Å². The largest absolute Gasteiger partial charge is 0.301 e. The number of carbonyl (C=O) groups excluding carboxylic acids is 1. The molecule has 4 rings (SSSR count). The zero-order valence-electron chi connectivity index (χ0n) is 15.1. The molecule has 1 N–H and O–H groups in total. The highest BCUT2D eigenvalue weighted by Gasteiger charge is 2.11. The quantitative estimate of drug-likeness (QED) is 0.388. The molecule has 0 unspecified atom stereocenters. The summed E-state index contributed by atoms with van der Waals surface area (Å²) in [7, 11) is 0. The van der Waals surface area contributed by atoms with Gasteiger partial charge in [0.05, 0.1) is 17.1 Å². The SMILES string of the molecule is Cc1ccc(-c2csc(SCC(=O)Nc3nc(-c4ccccc4)cs3)n2)cc1. The Hall–Kier alpha value is -2.48. The zero-order chi connectivity index (χ0) is 19.3. The molecule has 2 heterocycles. The first-order valence-electron chi connectivity index (χ1n) is 8.63. The Labute approximate surface area is 175 Å². The maximum Gasteiger partial charge on any atom is 0.236 e. The molecule has 4 nitrogen and oxygen atoms in total. The Morgan fingerprint density at radius 2 is 1.61 bits per heavy atom. The molecule has 0 aliphatic heterocycles. The molecule has 28 heavy (non-hydrogen) atoms. The standard InChI is InChI=1S/C21H17N3OS3/c1-14-7-9-16(10-8-14)18-12-27-21(23-18)28-13-19(25)24-20-22-17(11-26-20)15-5-3-2-4-6-15/h2-12H,13H2,1H3,(H,22,24,25). The van der Waals surface area contributed by atoms with E-state index in [2.05, 4.69) is 46.5 Å². The molecule has 4 aromatic rings. The number of rotatable bonds is 6. The lowest BCUT2D eigenvalue weighted by Gasteiger charge is -2.00. The maximum atomic E-state index is 12.3. The fourth-order valence-electron chi connectivity index (χ4n) is 2.54. The summed E-state index contributed by atoms with van der Waals surface area (Å²) in [5.74, 6) is 0.229. The maximum absolute atomic E-state index is 12.3. The smallest absolute Gasteiger partial charge is 0.236 e. The van der Waals surface area contributed by atoms with Crippen LogP contribution in [0.3, 0.4) is 0 Å². The molecule has 7 heteroatoms. The monoisotopic (exact) mass is 423 g/mol. The van der Waals surface area contributed by atoms with Gasteiger partial charge in [-0.2, -0.15) is 0 Å². The molecule has 0 bridgehead atoms. The predicted octanol–water partition coefficient (Wildman–Crippen LogP) is 5.97. The number of nitrogens with one attached hydrogen (secondary N) is 1. The summed E-state index contributed by atoms with van der Waals surface area (Å²) in [4.78, 5) is 21.4. The summed E-state index contributed by atoms with van der Waals surface area (Å²) in [6.45, 7) is 2.07. The van der Waals surface area contributed by atoms with Gasteiger partial charge in [-0.3, -0.25) is 4.79 Å². The van der Waals surface area contributed by atoms with Crippen molar-refractivity contribution in [2.24, 2.45) is 0 Å². The predicted molar refractivity (Wildman–Crippen MR) is 119 cm³/mol. The van der Waals surface area contributed by atoms with Crippen molar-refractivity contribution in [1.82, 2.24) is 9.97 Å². The van der Waals surface area contributed by atoms with Crippen LogP contribution in [0.5, 0.6) is 0 Å². The van der Waals surface area contributed by atoms with E-state index in [1.807, 2.05) is 41.1 Å². The van der Waals surface area contributed by atoms with Gasteiger partial charge in [0, 0.05) is 21.9 Å². The number of anilines is 1. The van der Waals surface area contributed by atoms with E-state index >= 15 is 0 Å². The van der Waals surface area contributed by atoms with Crippen LogP contribution in [0, 0.1) is 6.92 Å². The van der Waals surface area contributed by atoms with Crippen molar-refractivity contribution in [3.05, 3.63) is 70.9 Å². The van der Waals surface area contributed by atoms with Crippen molar-refractivity contribution in [3.8, 4) is 22.5 Å². The summed E-state index contributed by atoms with van der Waals surface area (Å²) in [5.41, 5.74) is 5.17. The van der Waals surface area contributed by atoms with Gasteiger partial charge in [0.2, 0.25) is 5.91 Å². The van der Waals surface area contributed by atoms with E-state index in [0.29, 0.717) is 10.9 Å². The van der Waals surface area contributed by atoms with Crippen LogP contribution in [0.15, 0.2) is 69.7 Å². The van der Waals surface area contributed by atoms with Crippen molar-refractivity contribution in [1.29, 1.82) is 0 Å². The topological polar surface area (TPSA) is 54.9 Å². The number of amides is 1. The normalized spacial score (nSPS) is 10.8. The number of nitrogens with zero attached hydrogens (tertiary/aromatic N) is 2. The van der Waals surface area contributed by atoms with Crippen molar-refractivity contribution in [2.75, 3.05) is 11.1 Å². The molecular weight excluding hydrogens is 406 g/mol. The first-order valence-corrected chi connectivity index (χ1v) is 11.4. The van der Waals surface area contributed by atoms with Crippen molar-refractivity contribution < 1.29 is 4.79 Å². The van der Waals surface area contributed by atoms with Crippen molar-refractivity contribution in [2.45, 2.75) is 11.3 Å². The third-order valence-corrected chi connectivity index (χ3v) is 6.76. The summed E-state index contributed by atoms with van der Waals surface area (Å²) < 4.78 is 0.884. The van der Waals surface area contributed by atoms with Gasteiger partial charge in [-0.25, -0.2) is 9.97 Å². The summed E-state index contributed by atoms with van der Waals surface area (Å²) in [6.07, 6.45) is 0. The van der Waals surface area contributed by atoms with Gasteiger partial charge in [0.25, 0.3) is 0 Å². The summed E-state index contributed by atoms with van der Waals surface area (Å²) in [5, 5.41) is 7.46. The second-order valence-corrected chi connectivity index (χ2v) is 9.04. The minimum atomic E-state index is -0.0777. The van der Waals surface area contributed by atoms with Gasteiger partial charge in [0.1, 0.15) is 0 Å². The van der Waals surface area contributed by atoms with Crippen molar-refractivity contribution in [3.63, 3.8) is 0 Å². The molecule has 0 saturated carbocycles. The number of thiazole rings is 2. The fourth-order valence-corrected chi connectivity index (χ4v) is 4.91. The van der Waals surface area contributed by atoms with Gasteiger partial charge < -0.3 is 5.32 Å². The highest BCUT2D eigenvalue weighted by Crippen LogP contribution is 2.29. The number of hydrogen-bond donors (Lipinski definition) is 1. The number of carbonyl (C=O) groups is 1. The van der Waals surface area contributed by atoms with Crippen LogP contribution >= 0.6 is 34.4 Å².